The number of aryl methyl sites for hydroxylation is 1. The van der Waals surface area contributed by atoms with Crippen molar-refractivity contribution in [2.45, 2.75) is 25.2 Å². The third-order valence-electron chi connectivity index (χ3n) is 3.56. The smallest absolute Gasteiger partial charge is 0.240 e. The molecule has 0 fully saturated rings. The maximum atomic E-state index is 12.2. The van der Waals surface area contributed by atoms with Gasteiger partial charge in [0.25, 0.3) is 0 Å². The summed E-state index contributed by atoms with van der Waals surface area (Å²) in [6.45, 7) is 5.61. The highest BCUT2D eigenvalue weighted by Crippen LogP contribution is 2.20. The van der Waals surface area contributed by atoms with Gasteiger partial charge in [0.1, 0.15) is 6.54 Å². The molecule has 0 atom stereocenters. The van der Waals surface area contributed by atoms with E-state index in [1.165, 1.54) is 18.0 Å². The zero-order valence-electron chi connectivity index (χ0n) is 14.6. The van der Waals surface area contributed by atoms with Crippen molar-refractivity contribution in [1.82, 2.24) is 14.9 Å². The first-order chi connectivity index (χ1) is 12.5. The summed E-state index contributed by atoms with van der Waals surface area (Å²) in [5.74, 6) is -0.242. The highest BCUT2D eigenvalue weighted by molar-refractivity contribution is 7.99. The number of hydrogen-bond acceptors (Lipinski definition) is 5. The number of nitrogens with zero attached hydrogens (tertiary/aromatic N) is 2. The molecule has 3 N–H and O–H groups in total. The Morgan fingerprint density at radius 2 is 2.12 bits per heavy atom. The van der Waals surface area contributed by atoms with Crippen LogP contribution in [0.15, 0.2) is 48.3 Å². The van der Waals surface area contributed by atoms with E-state index in [1.54, 1.807) is 10.6 Å². The lowest BCUT2D eigenvalue weighted by Gasteiger charge is -2.11. The van der Waals surface area contributed by atoms with E-state index in [0.29, 0.717) is 17.4 Å². The Morgan fingerprint density at radius 3 is 2.81 bits per heavy atom. The molecule has 2 amide bonds. The lowest BCUT2D eigenvalue weighted by Crippen LogP contribution is -2.28. The lowest BCUT2D eigenvalue weighted by atomic mass is 10.2. The fraction of sp³-hybridized carbons (Fsp3) is 0.278. The lowest BCUT2D eigenvalue weighted by molar-refractivity contribution is -0.121. The van der Waals surface area contributed by atoms with Crippen molar-refractivity contribution in [1.29, 1.82) is 0 Å². The van der Waals surface area contributed by atoms with Crippen molar-refractivity contribution < 1.29 is 14.7 Å². The highest BCUT2D eigenvalue weighted by atomic mass is 32.2. The molecule has 0 aliphatic carbocycles. The zero-order chi connectivity index (χ0) is 18.9. The Balaban J connectivity index is 1.99. The quantitative estimate of drug-likeness (QED) is 0.459. The van der Waals surface area contributed by atoms with E-state index in [4.69, 9.17) is 0 Å². The molecule has 2 aromatic rings. The van der Waals surface area contributed by atoms with Crippen molar-refractivity contribution in [3.63, 3.8) is 0 Å². The molecule has 0 saturated carbocycles. The van der Waals surface area contributed by atoms with Gasteiger partial charge in [0.05, 0.1) is 24.3 Å². The molecule has 8 heteroatoms. The van der Waals surface area contributed by atoms with E-state index in [1.807, 2.05) is 31.2 Å². The molecule has 0 radical (unpaired) electrons. The predicted octanol–water partition coefficient (Wildman–Crippen LogP) is 1.72. The maximum absolute atomic E-state index is 12.2. The van der Waals surface area contributed by atoms with Crippen molar-refractivity contribution >= 4 is 29.3 Å². The number of benzene rings is 1. The average Bonchev–Trinajstić information content (AvgIpc) is 3.01. The zero-order valence-corrected chi connectivity index (χ0v) is 15.4. The van der Waals surface area contributed by atoms with Crippen LogP contribution in [-0.4, -0.2) is 38.8 Å². The molecule has 0 aliphatic rings. The van der Waals surface area contributed by atoms with E-state index in [-0.39, 0.29) is 30.7 Å². The van der Waals surface area contributed by atoms with E-state index in [9.17, 15) is 14.7 Å². The highest BCUT2D eigenvalue weighted by Gasteiger charge is 2.15. The minimum Gasteiger partial charge on any atom is -0.390 e. The molecule has 0 saturated heterocycles. The van der Waals surface area contributed by atoms with E-state index in [2.05, 4.69) is 22.2 Å². The topological polar surface area (TPSA) is 96.2 Å². The first kappa shape index (κ1) is 19.7. The van der Waals surface area contributed by atoms with Gasteiger partial charge in [-0.1, -0.05) is 36.0 Å². The molecule has 7 nitrogen and oxygen atoms in total. The van der Waals surface area contributed by atoms with Crippen LogP contribution in [0.2, 0.25) is 0 Å². The molecule has 2 rings (SSSR count). The number of aliphatic hydroxyl groups is 1. The normalized spacial score (nSPS) is 10.4. The molecule has 1 aromatic carbocycles. The fourth-order valence-electron chi connectivity index (χ4n) is 2.22. The van der Waals surface area contributed by atoms with Gasteiger partial charge in [0.2, 0.25) is 11.8 Å². The number of imidazole rings is 1. The van der Waals surface area contributed by atoms with Crippen molar-refractivity contribution in [2.24, 2.45) is 0 Å². The van der Waals surface area contributed by atoms with Gasteiger partial charge in [-0.3, -0.25) is 9.59 Å². The molecule has 138 valence electrons. The monoisotopic (exact) mass is 374 g/mol. The van der Waals surface area contributed by atoms with Crippen LogP contribution in [0.1, 0.15) is 11.3 Å². The third-order valence-corrected chi connectivity index (χ3v) is 4.55. The van der Waals surface area contributed by atoms with Gasteiger partial charge in [-0.2, -0.15) is 0 Å². The Labute approximate surface area is 156 Å². The number of hydrogen-bond donors (Lipinski definition) is 3. The average molecular weight is 374 g/mol. The number of anilines is 1. The van der Waals surface area contributed by atoms with Crippen LogP contribution in [0.4, 0.5) is 5.69 Å². The van der Waals surface area contributed by atoms with Crippen molar-refractivity contribution in [3.8, 4) is 0 Å². The number of carbonyl (C=O) groups excluding carboxylic acids is 2. The Morgan fingerprint density at radius 1 is 1.35 bits per heavy atom. The second-order valence-corrected chi connectivity index (χ2v) is 6.46. The molecule has 1 aromatic heterocycles. The van der Waals surface area contributed by atoms with Crippen LogP contribution in [0.3, 0.4) is 0 Å². The van der Waals surface area contributed by atoms with Gasteiger partial charge >= 0.3 is 0 Å². The Hall–Kier alpha value is -2.58. The molecule has 26 heavy (non-hydrogen) atoms. The molecule has 0 bridgehead atoms. The van der Waals surface area contributed by atoms with Gasteiger partial charge in [-0.25, -0.2) is 4.98 Å². The van der Waals surface area contributed by atoms with Gasteiger partial charge in [-0.15, -0.1) is 6.58 Å². The minimum absolute atomic E-state index is 0.0193. The van der Waals surface area contributed by atoms with Crippen molar-refractivity contribution in [2.75, 3.05) is 17.6 Å². The predicted molar refractivity (Wildman–Crippen MR) is 102 cm³/mol. The summed E-state index contributed by atoms with van der Waals surface area (Å²) in [6.07, 6.45) is 3.09. The van der Waals surface area contributed by atoms with Crippen LogP contribution in [0.25, 0.3) is 0 Å². The summed E-state index contributed by atoms with van der Waals surface area (Å²) in [6, 6.07) is 7.53. The summed E-state index contributed by atoms with van der Waals surface area (Å²) in [7, 11) is 0. The van der Waals surface area contributed by atoms with Gasteiger partial charge in [0.15, 0.2) is 5.16 Å². The molecular formula is C18H22N4O3S. The maximum Gasteiger partial charge on any atom is 0.240 e. The third kappa shape index (κ3) is 5.47. The summed E-state index contributed by atoms with van der Waals surface area (Å²) in [4.78, 5) is 28.3. The van der Waals surface area contributed by atoms with E-state index in [0.717, 1.165) is 11.3 Å². The summed E-state index contributed by atoms with van der Waals surface area (Å²) >= 11 is 1.21. The molecular weight excluding hydrogens is 352 g/mol. The fourth-order valence-corrected chi connectivity index (χ4v) is 3.01. The number of aromatic nitrogens is 2. The largest absolute Gasteiger partial charge is 0.390 e. The van der Waals surface area contributed by atoms with Crippen LogP contribution in [0, 0.1) is 6.92 Å². The second kappa shape index (κ2) is 9.79. The summed E-state index contributed by atoms with van der Waals surface area (Å²) in [5.41, 5.74) is 2.26. The Bertz CT molecular complexity index is 788. The number of rotatable bonds is 9. The number of nitrogens with one attached hydrogen (secondary N) is 2. The molecule has 0 unspecified atom stereocenters. The summed E-state index contributed by atoms with van der Waals surface area (Å²) in [5, 5.41) is 15.5. The van der Waals surface area contributed by atoms with E-state index >= 15 is 0 Å². The summed E-state index contributed by atoms with van der Waals surface area (Å²) < 4.78 is 1.60. The Kier molecular flexibility index (Phi) is 7.43. The number of thioether (sulfide) groups is 1. The second-order valence-electron chi connectivity index (χ2n) is 5.52. The number of amides is 2. The van der Waals surface area contributed by atoms with Gasteiger partial charge in [0, 0.05) is 12.2 Å². The van der Waals surface area contributed by atoms with Crippen LogP contribution in [0.5, 0.6) is 0 Å². The van der Waals surface area contributed by atoms with Gasteiger partial charge < -0.3 is 20.3 Å². The van der Waals surface area contributed by atoms with Crippen LogP contribution >= 0.6 is 11.8 Å². The standard InChI is InChI=1S/C18H22N4O3S/c1-3-8-19-16(24)10-22-14(11-23)9-20-18(22)26-12-17(25)21-15-7-5-4-6-13(15)2/h3-7,9,23H,1,8,10-12H2,2H3,(H,19,24)(H,21,25). The van der Waals surface area contributed by atoms with Crippen LogP contribution < -0.4 is 10.6 Å². The number of para-hydroxylation sites is 1. The number of carbonyl (C=O) groups is 2. The van der Waals surface area contributed by atoms with E-state index < -0.39 is 0 Å². The minimum atomic E-state index is -0.238. The molecule has 0 aliphatic heterocycles. The molecule has 1 heterocycles. The van der Waals surface area contributed by atoms with Crippen molar-refractivity contribution in [3.05, 3.63) is 54.4 Å². The first-order valence-corrected chi connectivity index (χ1v) is 9.04. The SMILES string of the molecule is C=CCNC(=O)Cn1c(CO)cnc1SCC(=O)Nc1ccccc1C. The molecule has 0 spiro atoms. The van der Waals surface area contributed by atoms with Crippen LogP contribution in [-0.2, 0) is 22.7 Å². The van der Waals surface area contributed by atoms with Gasteiger partial charge in [-0.05, 0) is 18.6 Å². The first-order valence-electron chi connectivity index (χ1n) is 8.06. The number of aliphatic hydroxyl groups excluding tert-OH is 1.